The van der Waals surface area contributed by atoms with Crippen LogP contribution in [0.25, 0.3) is 0 Å². The van der Waals surface area contributed by atoms with Gasteiger partial charge in [-0.05, 0) is 12.1 Å². The number of nitro benzene ring substituents is 1. The van der Waals surface area contributed by atoms with Crippen LogP contribution in [-0.4, -0.2) is 26.0 Å². The Kier molecular flexibility index (Phi) is 3.85. The molecule has 0 atom stereocenters. The first-order valence-electron chi connectivity index (χ1n) is 5.58. The molecule has 8 heteroatoms. The van der Waals surface area contributed by atoms with Gasteiger partial charge in [-0.25, -0.2) is 14.8 Å². The van der Waals surface area contributed by atoms with Gasteiger partial charge in [0.05, 0.1) is 28.4 Å². The van der Waals surface area contributed by atoms with Crippen molar-refractivity contribution >= 4 is 17.3 Å². The molecule has 2 N–H and O–H groups in total. The summed E-state index contributed by atoms with van der Waals surface area (Å²) in [6.45, 7) is 0.240. The molecule has 0 spiro atoms. The van der Waals surface area contributed by atoms with Gasteiger partial charge >= 0.3 is 5.97 Å². The Morgan fingerprint density at radius 2 is 2.20 bits per heavy atom. The number of carboxylic acids is 1. The molecule has 0 aliphatic rings. The number of aromatic nitrogens is 2. The Balaban J connectivity index is 2.26. The first kappa shape index (κ1) is 13.4. The number of rotatable bonds is 5. The summed E-state index contributed by atoms with van der Waals surface area (Å²) in [7, 11) is 0. The number of aromatic carboxylic acids is 1. The van der Waals surface area contributed by atoms with Crippen molar-refractivity contribution in [2.75, 3.05) is 5.32 Å². The van der Waals surface area contributed by atoms with E-state index < -0.39 is 10.9 Å². The maximum Gasteiger partial charge on any atom is 0.337 e. The van der Waals surface area contributed by atoms with Crippen molar-refractivity contribution in [2.24, 2.45) is 0 Å². The van der Waals surface area contributed by atoms with E-state index in [1.54, 1.807) is 12.3 Å². The molecule has 0 radical (unpaired) electrons. The minimum atomic E-state index is -1.16. The lowest BCUT2D eigenvalue weighted by molar-refractivity contribution is -0.384. The van der Waals surface area contributed by atoms with Crippen molar-refractivity contribution in [3.8, 4) is 0 Å². The van der Waals surface area contributed by atoms with Gasteiger partial charge in [0.25, 0.3) is 5.69 Å². The van der Waals surface area contributed by atoms with Crippen molar-refractivity contribution in [3.05, 3.63) is 58.2 Å². The highest BCUT2D eigenvalue weighted by Gasteiger charge is 2.15. The van der Waals surface area contributed by atoms with E-state index in [-0.39, 0.29) is 23.5 Å². The Morgan fingerprint density at radius 3 is 2.80 bits per heavy atom. The predicted octanol–water partition coefficient (Wildman–Crippen LogP) is 1.70. The van der Waals surface area contributed by atoms with Crippen LogP contribution in [0, 0.1) is 10.1 Å². The number of hydrogen-bond acceptors (Lipinski definition) is 6. The molecule has 102 valence electrons. The largest absolute Gasteiger partial charge is 0.478 e. The molecule has 0 fully saturated rings. The maximum atomic E-state index is 11.1. The fourth-order valence-electron chi connectivity index (χ4n) is 1.59. The van der Waals surface area contributed by atoms with E-state index in [0.717, 1.165) is 6.07 Å². The van der Waals surface area contributed by atoms with E-state index in [1.807, 2.05) is 0 Å². The van der Waals surface area contributed by atoms with Crippen molar-refractivity contribution in [3.63, 3.8) is 0 Å². The molecule has 8 nitrogen and oxygen atoms in total. The Hall–Kier alpha value is -3.03. The Morgan fingerprint density at radius 1 is 1.40 bits per heavy atom. The number of carboxylic acid groups (broad SMARTS) is 1. The van der Waals surface area contributed by atoms with Crippen LogP contribution in [0.1, 0.15) is 16.1 Å². The van der Waals surface area contributed by atoms with Gasteiger partial charge in [-0.1, -0.05) is 0 Å². The zero-order valence-electron chi connectivity index (χ0n) is 10.2. The highest BCUT2D eigenvalue weighted by atomic mass is 16.6. The van der Waals surface area contributed by atoms with Crippen molar-refractivity contribution in [1.82, 2.24) is 9.97 Å². The van der Waals surface area contributed by atoms with Crippen LogP contribution >= 0.6 is 0 Å². The third-order valence-electron chi connectivity index (χ3n) is 2.55. The van der Waals surface area contributed by atoms with Crippen molar-refractivity contribution in [1.29, 1.82) is 0 Å². The molecule has 0 saturated carbocycles. The molecule has 2 rings (SSSR count). The number of nitro groups is 1. The van der Waals surface area contributed by atoms with Gasteiger partial charge in [0, 0.05) is 18.3 Å². The quantitative estimate of drug-likeness (QED) is 0.629. The SMILES string of the molecule is O=C(O)c1ccc([N+](=O)[O-])cc1NCc1ccncn1. The lowest BCUT2D eigenvalue weighted by Crippen LogP contribution is -2.08. The van der Waals surface area contributed by atoms with Gasteiger partial charge in [-0.2, -0.15) is 0 Å². The van der Waals surface area contributed by atoms with Gasteiger partial charge in [-0.3, -0.25) is 10.1 Å². The van der Waals surface area contributed by atoms with Gasteiger partial charge in [-0.15, -0.1) is 0 Å². The van der Waals surface area contributed by atoms with Crippen LogP contribution in [-0.2, 0) is 6.54 Å². The van der Waals surface area contributed by atoms with Crippen molar-refractivity contribution in [2.45, 2.75) is 6.54 Å². The molecule has 0 aliphatic heterocycles. The average Bonchev–Trinajstić information content (AvgIpc) is 2.45. The molecule has 1 heterocycles. The molecular weight excluding hydrogens is 264 g/mol. The normalized spacial score (nSPS) is 10.0. The van der Waals surface area contributed by atoms with E-state index in [9.17, 15) is 14.9 Å². The summed E-state index contributed by atoms with van der Waals surface area (Å²) >= 11 is 0. The fourth-order valence-corrected chi connectivity index (χ4v) is 1.59. The molecule has 0 bridgehead atoms. The van der Waals surface area contributed by atoms with Crippen LogP contribution in [0.15, 0.2) is 36.8 Å². The van der Waals surface area contributed by atoms with E-state index >= 15 is 0 Å². The first-order valence-corrected chi connectivity index (χ1v) is 5.58. The molecule has 0 aliphatic carbocycles. The zero-order valence-corrected chi connectivity index (χ0v) is 10.2. The number of non-ortho nitro benzene ring substituents is 1. The van der Waals surface area contributed by atoms with Crippen molar-refractivity contribution < 1.29 is 14.8 Å². The Bertz CT molecular complexity index is 645. The minimum Gasteiger partial charge on any atom is -0.478 e. The highest BCUT2D eigenvalue weighted by Crippen LogP contribution is 2.23. The molecule has 0 saturated heterocycles. The molecule has 1 aromatic carbocycles. The van der Waals surface area contributed by atoms with Gasteiger partial charge in [0.1, 0.15) is 6.33 Å². The van der Waals surface area contributed by atoms with Crippen LogP contribution in [0.2, 0.25) is 0 Å². The lowest BCUT2D eigenvalue weighted by Gasteiger charge is -2.08. The molecule has 0 amide bonds. The highest BCUT2D eigenvalue weighted by molar-refractivity contribution is 5.94. The zero-order chi connectivity index (χ0) is 14.5. The summed E-state index contributed by atoms with van der Waals surface area (Å²) in [4.78, 5) is 28.9. The monoisotopic (exact) mass is 274 g/mol. The second kappa shape index (κ2) is 5.74. The van der Waals surface area contributed by atoms with E-state index in [0.29, 0.717) is 5.69 Å². The third kappa shape index (κ3) is 3.05. The summed E-state index contributed by atoms with van der Waals surface area (Å²) < 4.78 is 0. The lowest BCUT2D eigenvalue weighted by atomic mass is 10.1. The summed E-state index contributed by atoms with van der Waals surface area (Å²) in [6.07, 6.45) is 2.91. The fraction of sp³-hybridized carbons (Fsp3) is 0.0833. The van der Waals surface area contributed by atoms with Gasteiger partial charge < -0.3 is 10.4 Å². The summed E-state index contributed by atoms with van der Waals surface area (Å²) in [5, 5.41) is 22.6. The van der Waals surface area contributed by atoms with Crippen LogP contribution in [0.4, 0.5) is 11.4 Å². The first-order chi connectivity index (χ1) is 9.58. The molecule has 20 heavy (non-hydrogen) atoms. The van der Waals surface area contributed by atoms with Crippen LogP contribution in [0.3, 0.4) is 0 Å². The Labute approximate surface area is 113 Å². The molecular formula is C12H10N4O4. The summed E-state index contributed by atoms with van der Waals surface area (Å²) in [6, 6.07) is 5.19. The number of hydrogen-bond donors (Lipinski definition) is 2. The molecule has 1 aromatic heterocycles. The predicted molar refractivity (Wildman–Crippen MR) is 69.4 cm³/mol. The molecule has 0 unspecified atom stereocenters. The number of nitrogens with one attached hydrogen (secondary N) is 1. The van der Waals surface area contributed by atoms with E-state index in [4.69, 9.17) is 5.11 Å². The smallest absolute Gasteiger partial charge is 0.337 e. The number of benzene rings is 1. The molecule has 2 aromatic rings. The average molecular weight is 274 g/mol. The number of carbonyl (C=O) groups is 1. The van der Waals surface area contributed by atoms with Crippen LogP contribution < -0.4 is 5.32 Å². The third-order valence-corrected chi connectivity index (χ3v) is 2.55. The topological polar surface area (TPSA) is 118 Å². The van der Waals surface area contributed by atoms with Gasteiger partial charge in [0.15, 0.2) is 0 Å². The number of anilines is 1. The summed E-state index contributed by atoms with van der Waals surface area (Å²) in [5.41, 5.74) is 0.595. The number of nitrogens with zero attached hydrogens (tertiary/aromatic N) is 3. The standard InChI is InChI=1S/C12H10N4O4/c17-12(18)10-2-1-9(16(19)20)5-11(10)14-6-8-3-4-13-7-15-8/h1-5,7,14H,6H2,(H,17,18). The van der Waals surface area contributed by atoms with E-state index in [2.05, 4.69) is 15.3 Å². The second-order valence-corrected chi connectivity index (χ2v) is 3.85. The minimum absolute atomic E-state index is 0.0374. The van der Waals surface area contributed by atoms with Gasteiger partial charge in [0.2, 0.25) is 0 Å². The maximum absolute atomic E-state index is 11.1. The van der Waals surface area contributed by atoms with E-state index in [1.165, 1.54) is 18.5 Å². The van der Waals surface area contributed by atoms with Crippen LogP contribution in [0.5, 0.6) is 0 Å². The summed E-state index contributed by atoms with van der Waals surface area (Å²) in [5.74, 6) is -1.16. The second-order valence-electron chi connectivity index (χ2n) is 3.85.